The van der Waals surface area contributed by atoms with E-state index in [1.54, 1.807) is 6.92 Å². The Morgan fingerprint density at radius 1 is 1.11 bits per heavy atom. The largest absolute Gasteiger partial charge is 0.483 e. The Morgan fingerprint density at radius 3 is 2.30 bits per heavy atom. The molecule has 2 heterocycles. The summed E-state index contributed by atoms with van der Waals surface area (Å²) in [5, 5.41) is 6.89. The maximum absolute atomic E-state index is 12.6. The maximum atomic E-state index is 12.6. The normalized spacial score (nSPS) is 26.7. The Labute approximate surface area is 157 Å². The quantitative estimate of drug-likeness (QED) is 0.791. The highest BCUT2D eigenvalue weighted by atomic mass is 16.3. The van der Waals surface area contributed by atoms with E-state index in [1.807, 2.05) is 28.0 Å². The van der Waals surface area contributed by atoms with Gasteiger partial charge in [0.05, 0.1) is 12.0 Å². The van der Waals surface area contributed by atoms with Gasteiger partial charge in [0, 0.05) is 51.2 Å². The molecule has 2 aliphatic heterocycles. The van der Waals surface area contributed by atoms with E-state index in [0.717, 1.165) is 5.56 Å². The molecule has 3 aliphatic rings. The summed E-state index contributed by atoms with van der Waals surface area (Å²) in [6.45, 7) is 3.49. The first-order valence-corrected chi connectivity index (χ1v) is 9.16. The Bertz CT molecular complexity index is 727. The number of hydrogen-bond acceptors (Lipinski definition) is 4. The van der Waals surface area contributed by atoms with Gasteiger partial charge in [-0.25, -0.2) is 0 Å². The van der Waals surface area contributed by atoms with Gasteiger partial charge in [-0.05, 0) is 5.56 Å². The lowest BCUT2D eigenvalue weighted by Gasteiger charge is -2.31. The molecule has 1 N–H and O–H groups in total. The number of likely N-dealkylation sites (tertiary alicyclic amines) is 2. The third-order valence-corrected chi connectivity index (χ3v) is 5.82. The average Bonchev–Trinajstić information content (AvgIpc) is 3.17. The minimum absolute atomic E-state index is 0.0505. The van der Waals surface area contributed by atoms with Crippen molar-refractivity contribution in [1.82, 2.24) is 9.80 Å². The Morgan fingerprint density at radius 2 is 1.74 bits per heavy atom. The van der Waals surface area contributed by atoms with E-state index in [2.05, 4.69) is 12.1 Å². The van der Waals surface area contributed by atoms with Gasteiger partial charge in [0.25, 0.3) is 6.47 Å². The molecule has 2 amide bonds. The van der Waals surface area contributed by atoms with E-state index in [1.165, 1.54) is 0 Å². The molecule has 144 valence electrons. The number of amides is 2. The smallest absolute Gasteiger partial charge is 0.290 e. The molecule has 7 nitrogen and oxygen atoms in total. The second-order valence-corrected chi connectivity index (χ2v) is 7.44. The van der Waals surface area contributed by atoms with E-state index in [-0.39, 0.29) is 41.9 Å². The van der Waals surface area contributed by atoms with Crippen LogP contribution in [0.1, 0.15) is 31.4 Å². The van der Waals surface area contributed by atoms with Crippen LogP contribution in [0.5, 0.6) is 0 Å². The highest BCUT2D eigenvalue weighted by molar-refractivity contribution is 5.96. The van der Waals surface area contributed by atoms with Crippen LogP contribution < -0.4 is 0 Å². The first kappa shape index (κ1) is 19.1. The molecule has 2 saturated heterocycles. The summed E-state index contributed by atoms with van der Waals surface area (Å²) < 4.78 is 0. The molecule has 7 heteroatoms. The van der Waals surface area contributed by atoms with Crippen LogP contribution >= 0.6 is 0 Å². The number of rotatable bonds is 2. The minimum atomic E-state index is -0.250. The van der Waals surface area contributed by atoms with Gasteiger partial charge in [0.1, 0.15) is 5.78 Å². The molecular formula is C20H24N2O5. The molecule has 0 aromatic heterocycles. The zero-order chi connectivity index (χ0) is 19.6. The number of nitrogens with zero attached hydrogens (tertiary/aromatic N) is 2. The van der Waals surface area contributed by atoms with Crippen molar-refractivity contribution in [3.05, 3.63) is 35.9 Å². The van der Waals surface area contributed by atoms with Crippen LogP contribution in [0.2, 0.25) is 0 Å². The minimum Gasteiger partial charge on any atom is -0.483 e. The summed E-state index contributed by atoms with van der Waals surface area (Å²) in [5.41, 5.74) is 1.15. The van der Waals surface area contributed by atoms with Gasteiger partial charge < -0.3 is 14.9 Å². The van der Waals surface area contributed by atoms with Crippen LogP contribution in [0.4, 0.5) is 0 Å². The molecule has 3 fully saturated rings. The van der Waals surface area contributed by atoms with Crippen molar-refractivity contribution in [2.24, 2.45) is 17.8 Å². The molecule has 0 unspecified atom stereocenters. The molecular weight excluding hydrogens is 348 g/mol. The van der Waals surface area contributed by atoms with E-state index in [4.69, 9.17) is 9.90 Å². The zero-order valence-electron chi connectivity index (χ0n) is 15.3. The van der Waals surface area contributed by atoms with Crippen molar-refractivity contribution >= 4 is 24.1 Å². The van der Waals surface area contributed by atoms with E-state index < -0.39 is 0 Å². The number of carbonyl (C=O) groups excluding carboxylic acids is 3. The van der Waals surface area contributed by atoms with Crippen LogP contribution in [0.25, 0.3) is 0 Å². The Hall–Kier alpha value is -2.70. The van der Waals surface area contributed by atoms with Crippen molar-refractivity contribution in [1.29, 1.82) is 0 Å². The van der Waals surface area contributed by atoms with E-state index in [9.17, 15) is 14.4 Å². The molecule has 0 radical (unpaired) electrons. The van der Waals surface area contributed by atoms with Gasteiger partial charge in [0.2, 0.25) is 11.8 Å². The lowest BCUT2D eigenvalue weighted by atomic mass is 9.83. The molecule has 3 atom stereocenters. The summed E-state index contributed by atoms with van der Waals surface area (Å²) in [5.74, 6) is 0.939. The average molecular weight is 372 g/mol. The van der Waals surface area contributed by atoms with Gasteiger partial charge in [-0.15, -0.1) is 0 Å². The van der Waals surface area contributed by atoms with Crippen LogP contribution in [0.3, 0.4) is 0 Å². The van der Waals surface area contributed by atoms with Crippen LogP contribution in [-0.2, 0) is 19.2 Å². The van der Waals surface area contributed by atoms with E-state index in [0.29, 0.717) is 38.4 Å². The van der Waals surface area contributed by atoms with E-state index >= 15 is 0 Å². The van der Waals surface area contributed by atoms with Crippen molar-refractivity contribution in [2.75, 3.05) is 19.6 Å². The second kappa shape index (κ2) is 7.90. The van der Waals surface area contributed by atoms with Crippen molar-refractivity contribution in [2.45, 2.75) is 25.8 Å². The van der Waals surface area contributed by atoms with Crippen LogP contribution in [-0.4, -0.2) is 58.6 Å². The SMILES string of the molecule is CC(=O)N1C[C@H]2CN(C(=O)C3CC(=O)C3)C[C@H]2[C@H]1c1ccccc1.O=CO. The molecule has 0 bridgehead atoms. The predicted molar refractivity (Wildman–Crippen MR) is 96.6 cm³/mol. The molecule has 27 heavy (non-hydrogen) atoms. The molecule has 1 aromatic carbocycles. The summed E-state index contributed by atoms with van der Waals surface area (Å²) in [7, 11) is 0. The first-order valence-electron chi connectivity index (χ1n) is 9.16. The monoisotopic (exact) mass is 372 g/mol. The van der Waals surface area contributed by atoms with Crippen molar-refractivity contribution < 1.29 is 24.3 Å². The molecule has 0 spiro atoms. The third kappa shape index (κ3) is 3.72. The summed E-state index contributed by atoms with van der Waals surface area (Å²) in [6.07, 6.45) is 0.818. The van der Waals surface area contributed by atoms with Gasteiger partial charge >= 0.3 is 0 Å². The number of Topliss-reactive ketones (excluding diaryl/α,β-unsaturated/α-hetero) is 1. The van der Waals surface area contributed by atoms with Gasteiger partial charge in [-0.2, -0.15) is 0 Å². The summed E-state index contributed by atoms with van der Waals surface area (Å²) in [6, 6.07) is 10.2. The highest BCUT2D eigenvalue weighted by Crippen LogP contribution is 2.45. The highest BCUT2D eigenvalue weighted by Gasteiger charge is 2.50. The number of benzene rings is 1. The van der Waals surface area contributed by atoms with Gasteiger partial charge in [0.15, 0.2) is 0 Å². The number of carboxylic acid groups (broad SMARTS) is 1. The first-order chi connectivity index (χ1) is 13.0. The molecule has 1 aromatic rings. The van der Waals surface area contributed by atoms with Crippen LogP contribution in [0.15, 0.2) is 30.3 Å². The maximum Gasteiger partial charge on any atom is 0.290 e. The fourth-order valence-electron chi connectivity index (χ4n) is 4.55. The van der Waals surface area contributed by atoms with Crippen molar-refractivity contribution in [3.63, 3.8) is 0 Å². The predicted octanol–water partition coefficient (Wildman–Crippen LogP) is 1.34. The number of ketones is 1. The van der Waals surface area contributed by atoms with Crippen molar-refractivity contribution in [3.8, 4) is 0 Å². The number of fused-ring (bicyclic) bond motifs is 1. The van der Waals surface area contributed by atoms with Crippen LogP contribution in [0, 0.1) is 17.8 Å². The zero-order valence-corrected chi connectivity index (χ0v) is 15.3. The number of carbonyl (C=O) groups is 4. The molecule has 1 saturated carbocycles. The van der Waals surface area contributed by atoms with Gasteiger partial charge in [-0.3, -0.25) is 19.2 Å². The lowest BCUT2D eigenvalue weighted by molar-refractivity contribution is -0.144. The second-order valence-electron chi connectivity index (χ2n) is 7.44. The standard InChI is InChI=1S/C19H22N2O3.CH2O2/c1-12(22)21-10-15-9-20(19(24)14-7-16(23)8-14)11-17(15)18(21)13-5-3-2-4-6-13;2-1-3/h2-6,14-15,17-18H,7-11H2,1H3;1H,(H,2,3)/t15-,17-,18-;/m1./s1. The molecule has 4 rings (SSSR count). The lowest BCUT2D eigenvalue weighted by Crippen LogP contribution is -2.43. The fourth-order valence-corrected chi connectivity index (χ4v) is 4.55. The topological polar surface area (TPSA) is 95.0 Å². The fraction of sp³-hybridized carbons (Fsp3) is 0.500. The van der Waals surface area contributed by atoms with Gasteiger partial charge in [-0.1, -0.05) is 30.3 Å². The Balaban J connectivity index is 0.000000659. The summed E-state index contributed by atoms with van der Waals surface area (Å²) in [4.78, 5) is 48.1. The third-order valence-electron chi connectivity index (χ3n) is 5.82. The Kier molecular flexibility index (Phi) is 5.58. The molecule has 1 aliphatic carbocycles. The summed E-state index contributed by atoms with van der Waals surface area (Å²) >= 11 is 0. The number of hydrogen-bond donors (Lipinski definition) is 1.